The first-order chi connectivity index (χ1) is 8.76. The zero-order chi connectivity index (χ0) is 13.0. The van der Waals surface area contributed by atoms with Gasteiger partial charge in [0.15, 0.2) is 0 Å². The van der Waals surface area contributed by atoms with Gasteiger partial charge in [0.05, 0.1) is 12.0 Å². The zero-order valence-corrected chi connectivity index (χ0v) is 12.2. The smallest absolute Gasteiger partial charge is 0.0638 e. The minimum atomic E-state index is 0.103. The van der Waals surface area contributed by atoms with Crippen molar-refractivity contribution in [1.29, 1.82) is 0 Å². The van der Waals surface area contributed by atoms with E-state index in [0.29, 0.717) is 5.92 Å². The van der Waals surface area contributed by atoms with E-state index in [-0.39, 0.29) is 5.38 Å². The Morgan fingerprint density at radius 1 is 1.33 bits per heavy atom. The number of hydrogen-bond acceptors (Lipinski definition) is 1. The molecule has 18 heavy (non-hydrogen) atoms. The fourth-order valence-corrected chi connectivity index (χ4v) is 3.10. The van der Waals surface area contributed by atoms with Gasteiger partial charge in [0, 0.05) is 12.5 Å². The van der Waals surface area contributed by atoms with Crippen molar-refractivity contribution in [3.63, 3.8) is 0 Å². The SMILES string of the molecule is CCc1ccc(CC)c(C(Cl)C2CCCOC2)c1. The van der Waals surface area contributed by atoms with E-state index in [9.17, 15) is 0 Å². The second kappa shape index (κ2) is 6.58. The van der Waals surface area contributed by atoms with Crippen LogP contribution in [0, 0.1) is 5.92 Å². The molecule has 0 amide bonds. The average molecular weight is 267 g/mol. The minimum Gasteiger partial charge on any atom is -0.381 e. The van der Waals surface area contributed by atoms with Crippen LogP contribution in [-0.4, -0.2) is 13.2 Å². The Morgan fingerprint density at radius 2 is 2.17 bits per heavy atom. The molecule has 1 aliphatic rings. The Morgan fingerprint density at radius 3 is 2.78 bits per heavy atom. The van der Waals surface area contributed by atoms with E-state index >= 15 is 0 Å². The third-order valence-electron chi connectivity index (χ3n) is 3.91. The molecule has 0 spiro atoms. The van der Waals surface area contributed by atoms with Crippen LogP contribution in [0.5, 0.6) is 0 Å². The van der Waals surface area contributed by atoms with Crippen molar-refractivity contribution in [2.75, 3.05) is 13.2 Å². The predicted molar refractivity (Wildman–Crippen MR) is 77.3 cm³/mol. The second-order valence-electron chi connectivity index (χ2n) is 5.12. The highest BCUT2D eigenvalue weighted by Gasteiger charge is 2.25. The van der Waals surface area contributed by atoms with Gasteiger partial charge in [-0.15, -0.1) is 11.6 Å². The molecule has 0 bridgehead atoms. The number of benzene rings is 1. The summed E-state index contributed by atoms with van der Waals surface area (Å²) in [6.45, 7) is 6.10. The van der Waals surface area contributed by atoms with Crippen molar-refractivity contribution in [1.82, 2.24) is 0 Å². The van der Waals surface area contributed by atoms with Crippen molar-refractivity contribution in [3.05, 3.63) is 34.9 Å². The summed E-state index contributed by atoms with van der Waals surface area (Å²) >= 11 is 6.72. The summed E-state index contributed by atoms with van der Waals surface area (Å²) < 4.78 is 5.57. The van der Waals surface area contributed by atoms with Crippen molar-refractivity contribution >= 4 is 11.6 Å². The Labute approximate surface area is 115 Å². The molecule has 0 aliphatic carbocycles. The van der Waals surface area contributed by atoms with Gasteiger partial charge in [-0.25, -0.2) is 0 Å². The van der Waals surface area contributed by atoms with Crippen molar-refractivity contribution in [2.45, 2.75) is 44.9 Å². The first-order valence-electron chi connectivity index (χ1n) is 7.09. The van der Waals surface area contributed by atoms with E-state index in [4.69, 9.17) is 16.3 Å². The highest BCUT2D eigenvalue weighted by Crippen LogP contribution is 2.36. The molecule has 2 rings (SSSR count). The molecular formula is C16H23ClO. The lowest BCUT2D eigenvalue weighted by atomic mass is 9.89. The molecule has 0 N–H and O–H groups in total. The number of ether oxygens (including phenoxy) is 1. The van der Waals surface area contributed by atoms with E-state index in [1.165, 1.54) is 23.1 Å². The molecule has 0 radical (unpaired) electrons. The minimum absolute atomic E-state index is 0.103. The highest BCUT2D eigenvalue weighted by atomic mass is 35.5. The summed E-state index contributed by atoms with van der Waals surface area (Å²) in [5.74, 6) is 0.470. The summed E-state index contributed by atoms with van der Waals surface area (Å²) in [5, 5.41) is 0.103. The summed E-state index contributed by atoms with van der Waals surface area (Å²) in [6.07, 6.45) is 4.45. The predicted octanol–water partition coefficient (Wildman–Crippen LogP) is 4.52. The molecule has 0 aromatic heterocycles. The molecule has 1 saturated heterocycles. The molecule has 1 aromatic rings. The Balaban J connectivity index is 2.23. The normalized spacial score (nSPS) is 21.8. The summed E-state index contributed by atoms with van der Waals surface area (Å²) in [4.78, 5) is 0. The number of hydrogen-bond donors (Lipinski definition) is 0. The molecule has 1 aromatic carbocycles. The van der Waals surface area contributed by atoms with Gasteiger partial charge in [-0.2, -0.15) is 0 Å². The number of aryl methyl sites for hydroxylation is 2. The Hall–Kier alpha value is -0.530. The maximum absolute atomic E-state index is 6.72. The monoisotopic (exact) mass is 266 g/mol. The largest absolute Gasteiger partial charge is 0.381 e. The van der Waals surface area contributed by atoms with Gasteiger partial charge in [0.2, 0.25) is 0 Å². The number of rotatable bonds is 4. The molecule has 0 saturated carbocycles. The Kier molecular flexibility index (Phi) is 5.08. The second-order valence-corrected chi connectivity index (χ2v) is 5.59. The lowest BCUT2D eigenvalue weighted by molar-refractivity contribution is 0.0531. The zero-order valence-electron chi connectivity index (χ0n) is 11.4. The van der Waals surface area contributed by atoms with Gasteiger partial charge in [0.1, 0.15) is 0 Å². The van der Waals surface area contributed by atoms with Gasteiger partial charge in [-0.1, -0.05) is 32.0 Å². The standard InChI is InChI=1S/C16H23ClO/c1-3-12-7-8-13(4-2)15(10-12)16(17)14-6-5-9-18-11-14/h7-8,10,14,16H,3-6,9,11H2,1-2H3. The van der Waals surface area contributed by atoms with Crippen LogP contribution in [0.1, 0.15) is 48.8 Å². The van der Waals surface area contributed by atoms with Gasteiger partial charge in [-0.3, -0.25) is 0 Å². The topological polar surface area (TPSA) is 9.23 Å². The summed E-state index contributed by atoms with van der Waals surface area (Å²) in [7, 11) is 0. The van der Waals surface area contributed by atoms with Gasteiger partial charge >= 0.3 is 0 Å². The quantitative estimate of drug-likeness (QED) is 0.728. The Bertz CT molecular complexity index is 383. The molecule has 100 valence electrons. The van der Waals surface area contributed by atoms with E-state index in [1.54, 1.807) is 0 Å². The van der Waals surface area contributed by atoms with Crippen LogP contribution in [0.2, 0.25) is 0 Å². The van der Waals surface area contributed by atoms with Gasteiger partial charge in [0.25, 0.3) is 0 Å². The fraction of sp³-hybridized carbons (Fsp3) is 0.625. The molecule has 2 heteroatoms. The van der Waals surface area contributed by atoms with E-state index in [2.05, 4.69) is 32.0 Å². The first-order valence-corrected chi connectivity index (χ1v) is 7.53. The van der Waals surface area contributed by atoms with Gasteiger partial charge in [-0.05, 0) is 42.4 Å². The maximum atomic E-state index is 6.72. The van der Waals surface area contributed by atoms with Crippen molar-refractivity contribution in [3.8, 4) is 0 Å². The fourth-order valence-electron chi connectivity index (χ4n) is 2.69. The highest BCUT2D eigenvalue weighted by molar-refractivity contribution is 6.21. The van der Waals surface area contributed by atoms with E-state index in [0.717, 1.165) is 32.5 Å². The van der Waals surface area contributed by atoms with Gasteiger partial charge < -0.3 is 4.74 Å². The first kappa shape index (κ1) is 13.9. The molecule has 1 heterocycles. The van der Waals surface area contributed by atoms with Crippen LogP contribution in [0.4, 0.5) is 0 Å². The molecule has 2 atom stereocenters. The van der Waals surface area contributed by atoms with Crippen LogP contribution in [0.25, 0.3) is 0 Å². The van der Waals surface area contributed by atoms with Crippen LogP contribution in [-0.2, 0) is 17.6 Å². The molecule has 1 nitrogen and oxygen atoms in total. The molecule has 1 fully saturated rings. The van der Waals surface area contributed by atoms with Crippen molar-refractivity contribution in [2.24, 2.45) is 5.92 Å². The summed E-state index contributed by atoms with van der Waals surface area (Å²) in [6, 6.07) is 6.77. The number of alkyl halides is 1. The average Bonchev–Trinajstić information content (AvgIpc) is 2.46. The lowest BCUT2D eigenvalue weighted by Crippen LogP contribution is -2.22. The lowest BCUT2D eigenvalue weighted by Gasteiger charge is -2.28. The third kappa shape index (κ3) is 3.07. The van der Waals surface area contributed by atoms with Crippen LogP contribution >= 0.6 is 11.6 Å². The molecule has 2 unspecified atom stereocenters. The van der Waals surface area contributed by atoms with Crippen molar-refractivity contribution < 1.29 is 4.74 Å². The van der Waals surface area contributed by atoms with Crippen LogP contribution in [0.3, 0.4) is 0 Å². The summed E-state index contributed by atoms with van der Waals surface area (Å²) in [5.41, 5.74) is 4.09. The van der Waals surface area contributed by atoms with E-state index < -0.39 is 0 Å². The third-order valence-corrected chi connectivity index (χ3v) is 4.50. The van der Waals surface area contributed by atoms with Crippen LogP contribution < -0.4 is 0 Å². The molecule has 1 aliphatic heterocycles. The number of halogens is 1. The molecular weight excluding hydrogens is 244 g/mol. The maximum Gasteiger partial charge on any atom is 0.0638 e. The van der Waals surface area contributed by atoms with E-state index in [1.807, 2.05) is 0 Å². The van der Waals surface area contributed by atoms with Crippen LogP contribution in [0.15, 0.2) is 18.2 Å².